The average molecular weight is 498 g/mol. The maximum absolute atomic E-state index is 12.2. The highest BCUT2D eigenvalue weighted by Gasteiger charge is 2.12. The second-order valence-electron chi connectivity index (χ2n) is 6.28. The smallest absolute Gasteiger partial charge is 0.343 e. The topological polar surface area (TPSA) is 120 Å². The first kappa shape index (κ1) is 22.6. The summed E-state index contributed by atoms with van der Waals surface area (Å²) in [5.74, 6) is -0.320. The zero-order valence-electron chi connectivity index (χ0n) is 16.4. The van der Waals surface area contributed by atoms with Crippen molar-refractivity contribution in [2.45, 2.75) is 0 Å². The first-order valence-corrected chi connectivity index (χ1v) is 9.97. The normalized spacial score (nSPS) is 10.5. The van der Waals surface area contributed by atoms with E-state index in [2.05, 4.69) is 26.5 Å². The molecule has 0 bridgehead atoms. The molecule has 0 atom stereocenters. The summed E-state index contributed by atoms with van der Waals surface area (Å²) in [6.07, 6.45) is 1.39. The van der Waals surface area contributed by atoms with Crippen LogP contribution >= 0.6 is 15.9 Å². The van der Waals surface area contributed by atoms with E-state index in [4.69, 9.17) is 9.47 Å². The van der Waals surface area contributed by atoms with Gasteiger partial charge in [0, 0.05) is 12.1 Å². The van der Waals surface area contributed by atoms with Crippen LogP contribution in [0.4, 0.5) is 5.69 Å². The number of nitro benzene ring substituents is 1. The quantitative estimate of drug-likeness (QED) is 0.164. The van der Waals surface area contributed by atoms with E-state index in [9.17, 15) is 19.7 Å². The minimum atomic E-state index is -0.661. The molecule has 0 radical (unpaired) electrons. The maximum Gasteiger partial charge on any atom is 0.343 e. The van der Waals surface area contributed by atoms with Crippen LogP contribution in [-0.4, -0.2) is 29.6 Å². The summed E-state index contributed by atoms with van der Waals surface area (Å²) in [6.45, 7) is -0.215. The molecule has 0 fully saturated rings. The first-order chi connectivity index (χ1) is 15.4. The van der Waals surface area contributed by atoms with E-state index in [1.165, 1.54) is 30.5 Å². The van der Waals surface area contributed by atoms with Gasteiger partial charge in [-0.15, -0.1) is 0 Å². The van der Waals surface area contributed by atoms with Crippen molar-refractivity contribution < 1.29 is 24.0 Å². The molecule has 10 heteroatoms. The Balaban J connectivity index is 1.53. The number of para-hydroxylation sites is 1. The van der Waals surface area contributed by atoms with Crippen LogP contribution in [0.25, 0.3) is 0 Å². The third-order valence-corrected chi connectivity index (χ3v) is 4.64. The molecule has 0 aromatic heterocycles. The molecule has 0 aliphatic rings. The molecule has 0 unspecified atom stereocenters. The molecule has 0 spiro atoms. The van der Waals surface area contributed by atoms with Crippen molar-refractivity contribution in [3.63, 3.8) is 0 Å². The molecular weight excluding hydrogens is 482 g/mol. The Labute approximate surface area is 190 Å². The van der Waals surface area contributed by atoms with E-state index in [-0.39, 0.29) is 23.6 Å². The fourth-order valence-corrected chi connectivity index (χ4v) is 2.86. The van der Waals surface area contributed by atoms with Crippen molar-refractivity contribution in [3.05, 3.63) is 98.5 Å². The van der Waals surface area contributed by atoms with E-state index in [0.29, 0.717) is 11.3 Å². The Morgan fingerprint density at radius 1 is 1.06 bits per heavy atom. The fourth-order valence-electron chi connectivity index (χ4n) is 2.46. The van der Waals surface area contributed by atoms with Crippen molar-refractivity contribution in [2.24, 2.45) is 5.10 Å². The SMILES string of the molecule is O=C(COc1ccccc1Br)NN=Cc1cccc(OC(=O)c2ccc([N+](=O)[O-])cc2)c1. The molecule has 0 aliphatic heterocycles. The van der Waals surface area contributed by atoms with Gasteiger partial charge in [0.15, 0.2) is 6.61 Å². The van der Waals surface area contributed by atoms with Gasteiger partial charge in [-0.25, -0.2) is 10.2 Å². The van der Waals surface area contributed by atoms with Crippen LogP contribution in [0, 0.1) is 10.1 Å². The number of rotatable bonds is 8. The number of esters is 1. The summed E-state index contributed by atoms with van der Waals surface area (Å²) in [6, 6.07) is 18.7. The summed E-state index contributed by atoms with van der Waals surface area (Å²) in [7, 11) is 0. The molecule has 3 aromatic rings. The number of carbonyl (C=O) groups is 2. The van der Waals surface area contributed by atoms with E-state index in [0.717, 1.165) is 4.47 Å². The number of hydrogen-bond acceptors (Lipinski definition) is 7. The van der Waals surface area contributed by atoms with Crippen LogP contribution in [-0.2, 0) is 4.79 Å². The average Bonchev–Trinajstić information content (AvgIpc) is 2.79. The van der Waals surface area contributed by atoms with Gasteiger partial charge in [-0.2, -0.15) is 5.10 Å². The minimum absolute atomic E-state index is 0.122. The third kappa shape index (κ3) is 6.47. The van der Waals surface area contributed by atoms with Crippen LogP contribution < -0.4 is 14.9 Å². The van der Waals surface area contributed by atoms with E-state index in [1.807, 2.05) is 6.07 Å². The largest absolute Gasteiger partial charge is 0.483 e. The minimum Gasteiger partial charge on any atom is -0.483 e. The van der Waals surface area contributed by atoms with Gasteiger partial charge in [-0.05, 0) is 57.9 Å². The molecular formula is C22H16BrN3O6. The van der Waals surface area contributed by atoms with Crippen molar-refractivity contribution in [1.29, 1.82) is 0 Å². The zero-order valence-corrected chi connectivity index (χ0v) is 18.0. The predicted octanol–water partition coefficient (Wildman–Crippen LogP) is 4.11. The zero-order chi connectivity index (χ0) is 22.9. The number of non-ortho nitro benzene ring substituents is 1. The number of amides is 1. The number of halogens is 1. The predicted molar refractivity (Wildman–Crippen MR) is 120 cm³/mol. The Bertz CT molecular complexity index is 1160. The van der Waals surface area contributed by atoms with E-state index < -0.39 is 16.8 Å². The number of nitrogens with zero attached hydrogens (tertiary/aromatic N) is 2. The molecule has 0 saturated heterocycles. The van der Waals surface area contributed by atoms with Crippen molar-refractivity contribution in [3.8, 4) is 11.5 Å². The van der Waals surface area contributed by atoms with Crippen LogP contribution in [0.15, 0.2) is 82.4 Å². The maximum atomic E-state index is 12.2. The monoisotopic (exact) mass is 497 g/mol. The number of ether oxygens (including phenoxy) is 2. The lowest BCUT2D eigenvalue weighted by Gasteiger charge is -2.06. The highest BCUT2D eigenvalue weighted by atomic mass is 79.9. The molecule has 0 saturated carbocycles. The molecule has 1 N–H and O–H groups in total. The first-order valence-electron chi connectivity index (χ1n) is 9.18. The third-order valence-electron chi connectivity index (χ3n) is 3.98. The van der Waals surface area contributed by atoms with Gasteiger partial charge >= 0.3 is 5.97 Å². The van der Waals surface area contributed by atoms with Crippen molar-refractivity contribution >= 4 is 39.7 Å². The van der Waals surface area contributed by atoms with Crippen LogP contribution in [0.2, 0.25) is 0 Å². The second-order valence-corrected chi connectivity index (χ2v) is 7.13. The second kappa shape index (κ2) is 10.8. The number of hydrazone groups is 1. The van der Waals surface area contributed by atoms with E-state index >= 15 is 0 Å². The van der Waals surface area contributed by atoms with Gasteiger partial charge < -0.3 is 9.47 Å². The highest BCUT2D eigenvalue weighted by Crippen LogP contribution is 2.23. The lowest BCUT2D eigenvalue weighted by molar-refractivity contribution is -0.384. The van der Waals surface area contributed by atoms with E-state index in [1.54, 1.807) is 42.5 Å². The van der Waals surface area contributed by atoms with Crippen LogP contribution in [0.1, 0.15) is 15.9 Å². The molecule has 162 valence electrons. The number of nitro groups is 1. The van der Waals surface area contributed by atoms with Gasteiger partial charge in [0.25, 0.3) is 11.6 Å². The Hall–Kier alpha value is -4.05. The number of hydrogen-bond donors (Lipinski definition) is 1. The summed E-state index contributed by atoms with van der Waals surface area (Å²) in [5, 5.41) is 14.6. The molecule has 9 nitrogen and oxygen atoms in total. The van der Waals surface area contributed by atoms with Crippen molar-refractivity contribution in [1.82, 2.24) is 5.43 Å². The van der Waals surface area contributed by atoms with Gasteiger partial charge in [-0.3, -0.25) is 14.9 Å². The molecule has 0 aliphatic carbocycles. The van der Waals surface area contributed by atoms with Crippen molar-refractivity contribution in [2.75, 3.05) is 6.61 Å². The molecule has 3 rings (SSSR count). The molecule has 3 aromatic carbocycles. The lowest BCUT2D eigenvalue weighted by atomic mass is 10.2. The Morgan fingerprint density at radius 2 is 1.81 bits per heavy atom. The lowest BCUT2D eigenvalue weighted by Crippen LogP contribution is -2.24. The molecule has 0 heterocycles. The van der Waals surface area contributed by atoms with Crippen LogP contribution in [0.3, 0.4) is 0 Å². The summed E-state index contributed by atoms with van der Waals surface area (Å²) in [4.78, 5) is 34.2. The summed E-state index contributed by atoms with van der Waals surface area (Å²) < 4.78 is 11.4. The molecule has 1 amide bonds. The highest BCUT2D eigenvalue weighted by molar-refractivity contribution is 9.10. The van der Waals surface area contributed by atoms with Gasteiger partial charge in [0.05, 0.1) is 21.2 Å². The fraction of sp³-hybridized carbons (Fsp3) is 0.0455. The van der Waals surface area contributed by atoms with Gasteiger partial charge in [0.1, 0.15) is 11.5 Å². The number of nitrogens with one attached hydrogen (secondary N) is 1. The number of benzene rings is 3. The summed E-state index contributed by atoms with van der Waals surface area (Å²) in [5.41, 5.74) is 2.98. The standard InChI is InChI=1S/C22H16BrN3O6/c23-19-6-1-2-7-20(19)31-14-21(27)25-24-13-15-4-3-5-18(12-15)32-22(28)16-8-10-17(11-9-16)26(29)30/h1-13H,14H2,(H,25,27). The van der Waals surface area contributed by atoms with Gasteiger partial charge in [-0.1, -0.05) is 24.3 Å². The Kier molecular flexibility index (Phi) is 7.65. The van der Waals surface area contributed by atoms with Gasteiger partial charge in [0.2, 0.25) is 0 Å². The number of carbonyl (C=O) groups excluding carboxylic acids is 2. The van der Waals surface area contributed by atoms with Crippen LogP contribution in [0.5, 0.6) is 11.5 Å². The summed E-state index contributed by atoms with van der Waals surface area (Å²) >= 11 is 3.33. The molecule has 32 heavy (non-hydrogen) atoms. The Morgan fingerprint density at radius 3 is 2.53 bits per heavy atom.